The van der Waals surface area contributed by atoms with Crippen molar-refractivity contribution < 1.29 is 23.8 Å². The molecule has 0 aromatic heterocycles. The Hall–Kier alpha value is -1.88. The van der Waals surface area contributed by atoms with Crippen LogP contribution in [0.2, 0.25) is 0 Å². The Labute approximate surface area is 117 Å². The third-order valence-electron chi connectivity index (χ3n) is 3.51. The first-order valence-electron chi connectivity index (χ1n) is 6.52. The molecule has 1 aliphatic heterocycles. The van der Waals surface area contributed by atoms with Gasteiger partial charge in [-0.25, -0.2) is 0 Å². The van der Waals surface area contributed by atoms with Gasteiger partial charge in [-0.3, -0.25) is 9.59 Å². The fourth-order valence-corrected chi connectivity index (χ4v) is 2.46. The van der Waals surface area contributed by atoms with Crippen molar-refractivity contribution >= 4 is 11.9 Å². The highest BCUT2D eigenvalue weighted by Crippen LogP contribution is 2.32. The van der Waals surface area contributed by atoms with E-state index < -0.39 is 17.9 Å². The average Bonchev–Trinajstić information content (AvgIpc) is 2.51. The van der Waals surface area contributed by atoms with E-state index >= 15 is 0 Å². The molecule has 0 bridgehead atoms. The van der Waals surface area contributed by atoms with Gasteiger partial charge in [0.05, 0.1) is 26.9 Å². The highest BCUT2D eigenvalue weighted by molar-refractivity contribution is 5.94. The zero-order chi connectivity index (χ0) is 14.5. The summed E-state index contributed by atoms with van der Waals surface area (Å²) in [7, 11) is 2.52. The molecule has 1 aromatic rings. The molecular formula is C15H18O5. The maximum atomic E-state index is 11.7. The van der Waals surface area contributed by atoms with Gasteiger partial charge >= 0.3 is 11.9 Å². The van der Waals surface area contributed by atoms with Gasteiger partial charge in [0.1, 0.15) is 0 Å². The topological polar surface area (TPSA) is 61.8 Å². The second-order valence-corrected chi connectivity index (χ2v) is 4.64. The summed E-state index contributed by atoms with van der Waals surface area (Å²) in [4.78, 5) is 23.4. The first-order valence-corrected chi connectivity index (χ1v) is 6.52. The Kier molecular flexibility index (Phi) is 4.74. The van der Waals surface area contributed by atoms with E-state index in [1.165, 1.54) is 19.8 Å². The molecule has 0 saturated carbocycles. The van der Waals surface area contributed by atoms with Crippen LogP contribution < -0.4 is 0 Å². The fraction of sp³-hybridized carbons (Fsp3) is 0.467. The molecule has 1 atom stereocenters. The third kappa shape index (κ3) is 2.99. The van der Waals surface area contributed by atoms with Crippen LogP contribution in [-0.4, -0.2) is 32.8 Å². The SMILES string of the molecule is COC(=O)C(CC1OCCc2ccccc21)C(=O)OC. The van der Waals surface area contributed by atoms with Crippen LogP contribution in [0.3, 0.4) is 0 Å². The molecular weight excluding hydrogens is 260 g/mol. The summed E-state index contributed by atoms with van der Waals surface area (Å²) in [5.74, 6) is -2.15. The molecule has 0 fully saturated rings. The van der Waals surface area contributed by atoms with Crippen molar-refractivity contribution in [1.82, 2.24) is 0 Å². The van der Waals surface area contributed by atoms with Crippen LogP contribution >= 0.6 is 0 Å². The van der Waals surface area contributed by atoms with Crippen molar-refractivity contribution in [3.05, 3.63) is 35.4 Å². The molecule has 5 heteroatoms. The summed E-state index contributed by atoms with van der Waals surface area (Å²) in [6.45, 7) is 0.580. The molecule has 1 heterocycles. The van der Waals surface area contributed by atoms with Crippen LogP contribution in [0.25, 0.3) is 0 Å². The molecule has 0 radical (unpaired) electrons. The Balaban J connectivity index is 2.19. The molecule has 2 rings (SSSR count). The van der Waals surface area contributed by atoms with Gasteiger partial charge in [0.2, 0.25) is 0 Å². The van der Waals surface area contributed by atoms with E-state index in [9.17, 15) is 9.59 Å². The monoisotopic (exact) mass is 278 g/mol. The van der Waals surface area contributed by atoms with Crippen molar-refractivity contribution in [2.24, 2.45) is 5.92 Å². The quantitative estimate of drug-likeness (QED) is 0.619. The molecule has 0 spiro atoms. The number of ether oxygens (including phenoxy) is 3. The minimum Gasteiger partial charge on any atom is -0.468 e. The van der Waals surface area contributed by atoms with Gasteiger partial charge in [-0.05, 0) is 17.5 Å². The van der Waals surface area contributed by atoms with Crippen LogP contribution in [0.4, 0.5) is 0 Å². The van der Waals surface area contributed by atoms with E-state index in [2.05, 4.69) is 9.47 Å². The zero-order valence-electron chi connectivity index (χ0n) is 11.6. The summed E-state index contributed by atoms with van der Waals surface area (Å²) in [5, 5.41) is 0. The molecule has 0 amide bonds. The second-order valence-electron chi connectivity index (χ2n) is 4.64. The molecule has 0 saturated heterocycles. The lowest BCUT2D eigenvalue weighted by Gasteiger charge is -2.27. The van der Waals surface area contributed by atoms with Crippen LogP contribution in [0, 0.1) is 5.92 Å². The fourth-order valence-electron chi connectivity index (χ4n) is 2.46. The van der Waals surface area contributed by atoms with Crippen molar-refractivity contribution in [2.45, 2.75) is 18.9 Å². The van der Waals surface area contributed by atoms with Crippen molar-refractivity contribution in [1.29, 1.82) is 0 Å². The molecule has 1 unspecified atom stereocenters. The second kappa shape index (κ2) is 6.52. The summed E-state index contributed by atoms with van der Waals surface area (Å²) in [6, 6.07) is 7.89. The van der Waals surface area contributed by atoms with Crippen LogP contribution in [-0.2, 0) is 30.2 Å². The van der Waals surface area contributed by atoms with Crippen LogP contribution in [0.15, 0.2) is 24.3 Å². The number of benzene rings is 1. The Morgan fingerprint density at radius 2 is 1.90 bits per heavy atom. The Morgan fingerprint density at radius 3 is 2.55 bits per heavy atom. The van der Waals surface area contributed by atoms with Crippen LogP contribution in [0.5, 0.6) is 0 Å². The maximum absolute atomic E-state index is 11.7. The lowest BCUT2D eigenvalue weighted by atomic mass is 9.91. The average molecular weight is 278 g/mol. The largest absolute Gasteiger partial charge is 0.468 e. The van der Waals surface area contributed by atoms with E-state index in [-0.39, 0.29) is 12.5 Å². The lowest BCUT2D eigenvalue weighted by molar-refractivity contribution is -0.161. The Morgan fingerprint density at radius 1 is 1.25 bits per heavy atom. The molecule has 20 heavy (non-hydrogen) atoms. The third-order valence-corrected chi connectivity index (χ3v) is 3.51. The highest BCUT2D eigenvalue weighted by atomic mass is 16.5. The lowest BCUT2D eigenvalue weighted by Crippen LogP contribution is -2.30. The zero-order valence-corrected chi connectivity index (χ0v) is 11.6. The first kappa shape index (κ1) is 14.5. The van der Waals surface area contributed by atoms with E-state index in [1.807, 2.05) is 24.3 Å². The van der Waals surface area contributed by atoms with E-state index in [4.69, 9.17) is 4.74 Å². The van der Waals surface area contributed by atoms with Gasteiger partial charge in [-0.2, -0.15) is 0 Å². The Bertz CT molecular complexity index is 481. The number of rotatable bonds is 4. The van der Waals surface area contributed by atoms with Gasteiger partial charge in [0, 0.05) is 6.42 Å². The number of methoxy groups -OCH3 is 2. The van der Waals surface area contributed by atoms with Gasteiger partial charge < -0.3 is 14.2 Å². The summed E-state index contributed by atoms with van der Waals surface area (Å²) >= 11 is 0. The summed E-state index contributed by atoms with van der Waals surface area (Å²) < 4.78 is 15.0. The number of carbonyl (C=O) groups is 2. The van der Waals surface area contributed by atoms with Crippen molar-refractivity contribution in [3.63, 3.8) is 0 Å². The van der Waals surface area contributed by atoms with Crippen molar-refractivity contribution in [3.8, 4) is 0 Å². The van der Waals surface area contributed by atoms with Gasteiger partial charge in [0.15, 0.2) is 5.92 Å². The number of hydrogen-bond donors (Lipinski definition) is 0. The predicted molar refractivity (Wildman–Crippen MR) is 71.0 cm³/mol. The van der Waals surface area contributed by atoms with E-state index in [1.54, 1.807) is 0 Å². The summed E-state index contributed by atoms with van der Waals surface area (Å²) in [6.07, 6.45) is 0.785. The molecule has 0 N–H and O–H groups in total. The van der Waals surface area contributed by atoms with Crippen molar-refractivity contribution in [2.75, 3.05) is 20.8 Å². The van der Waals surface area contributed by atoms with Gasteiger partial charge in [0.25, 0.3) is 0 Å². The minimum atomic E-state index is -0.957. The van der Waals surface area contributed by atoms with E-state index in [0.717, 1.165) is 12.0 Å². The summed E-state index contributed by atoms with van der Waals surface area (Å²) in [5.41, 5.74) is 2.22. The number of esters is 2. The molecule has 108 valence electrons. The normalized spacial score (nSPS) is 17.4. The number of hydrogen-bond acceptors (Lipinski definition) is 5. The van der Waals surface area contributed by atoms with Gasteiger partial charge in [-0.15, -0.1) is 0 Å². The van der Waals surface area contributed by atoms with Gasteiger partial charge in [-0.1, -0.05) is 24.3 Å². The highest BCUT2D eigenvalue weighted by Gasteiger charge is 2.34. The maximum Gasteiger partial charge on any atom is 0.320 e. The van der Waals surface area contributed by atoms with Crippen LogP contribution in [0.1, 0.15) is 23.7 Å². The van der Waals surface area contributed by atoms with E-state index in [0.29, 0.717) is 6.61 Å². The number of carbonyl (C=O) groups excluding carboxylic acids is 2. The molecule has 1 aromatic carbocycles. The molecule has 1 aliphatic rings. The minimum absolute atomic E-state index is 0.233. The molecule has 0 aliphatic carbocycles. The smallest absolute Gasteiger partial charge is 0.320 e. The number of fused-ring (bicyclic) bond motifs is 1. The standard InChI is InChI=1S/C15H18O5/c1-18-14(16)12(15(17)19-2)9-13-11-6-4-3-5-10(11)7-8-20-13/h3-6,12-13H,7-9H2,1-2H3. The first-order chi connectivity index (χ1) is 9.67. The predicted octanol–water partition coefficient (Wildman–Crippen LogP) is 1.65. The molecule has 5 nitrogen and oxygen atoms in total.